The number of carbonyl (C=O) groups is 1. The van der Waals surface area contributed by atoms with Crippen LogP contribution in [-0.4, -0.2) is 37.2 Å². The Bertz CT molecular complexity index is 1040. The molecule has 9 heteroatoms. The molecule has 0 spiro atoms. The number of likely N-dealkylation sites (tertiary alicyclic amines) is 1. The fraction of sp³-hybridized carbons (Fsp3) is 0.316. The van der Waals surface area contributed by atoms with Crippen molar-refractivity contribution in [1.29, 1.82) is 0 Å². The third kappa shape index (κ3) is 3.88. The highest BCUT2D eigenvalue weighted by Crippen LogP contribution is 2.33. The van der Waals surface area contributed by atoms with Crippen LogP contribution in [0.5, 0.6) is 0 Å². The minimum atomic E-state index is -4.22. The van der Waals surface area contributed by atoms with E-state index < -0.39 is 25.3 Å². The molecule has 1 heterocycles. The zero-order valence-corrected chi connectivity index (χ0v) is 16.7. The topological polar surface area (TPSA) is 97.6 Å². The molecule has 0 saturated carbocycles. The molecule has 0 unspecified atom stereocenters. The number of piperidine rings is 1. The van der Waals surface area contributed by atoms with E-state index in [0.29, 0.717) is 19.0 Å². The zero-order chi connectivity index (χ0) is 20.5. The van der Waals surface area contributed by atoms with E-state index in [2.05, 4.69) is 0 Å². The second-order valence-electron chi connectivity index (χ2n) is 6.87. The molecule has 28 heavy (non-hydrogen) atoms. The van der Waals surface area contributed by atoms with Crippen molar-refractivity contribution >= 4 is 33.0 Å². The first-order chi connectivity index (χ1) is 13.2. The van der Waals surface area contributed by atoms with Gasteiger partial charge in [0.15, 0.2) is 0 Å². The van der Waals surface area contributed by atoms with Gasteiger partial charge in [-0.1, -0.05) is 30.7 Å². The fourth-order valence-electron chi connectivity index (χ4n) is 3.36. The van der Waals surface area contributed by atoms with Gasteiger partial charge in [0.05, 0.1) is 14.8 Å². The number of carbonyl (C=O) groups excluding carboxylic acids is 1. The van der Waals surface area contributed by atoms with Gasteiger partial charge >= 0.3 is 0 Å². The van der Waals surface area contributed by atoms with Crippen LogP contribution in [0.3, 0.4) is 0 Å². The van der Waals surface area contributed by atoms with Crippen LogP contribution in [0.25, 0.3) is 0 Å². The molecule has 1 aliphatic rings. The Balaban J connectivity index is 2.04. The largest absolute Gasteiger partial charge is 0.338 e. The summed E-state index contributed by atoms with van der Waals surface area (Å²) >= 11 is 5.98. The number of nitrogens with zero attached hydrogens (tertiary/aromatic N) is 2. The number of hydrogen-bond donors (Lipinski definition) is 0. The smallest absolute Gasteiger partial charge is 0.289 e. The van der Waals surface area contributed by atoms with Gasteiger partial charge in [-0.3, -0.25) is 14.9 Å². The number of nitro groups is 1. The number of benzene rings is 2. The van der Waals surface area contributed by atoms with E-state index in [1.807, 2.05) is 6.92 Å². The van der Waals surface area contributed by atoms with Gasteiger partial charge in [0.2, 0.25) is 9.84 Å². The lowest BCUT2D eigenvalue weighted by atomic mass is 9.99. The normalized spacial score (nSPS) is 17.4. The molecule has 0 bridgehead atoms. The maximum absolute atomic E-state index is 12.9. The SMILES string of the molecule is C[C@H]1CCCN(C(=O)c2ccc(S(=O)(=O)c3ccccc3Cl)c([N+](=O)[O-])c2)C1. The van der Waals surface area contributed by atoms with Gasteiger partial charge in [-0.25, -0.2) is 8.42 Å². The number of amides is 1. The summed E-state index contributed by atoms with van der Waals surface area (Å²) < 4.78 is 25.8. The predicted octanol–water partition coefficient (Wildman–Crippen LogP) is 3.95. The summed E-state index contributed by atoms with van der Waals surface area (Å²) in [6.45, 7) is 3.20. The summed E-state index contributed by atoms with van der Waals surface area (Å²) in [6, 6.07) is 9.20. The van der Waals surface area contributed by atoms with Gasteiger partial charge in [-0.2, -0.15) is 0 Å². The maximum atomic E-state index is 12.9. The molecular formula is C19H19ClN2O5S. The quantitative estimate of drug-likeness (QED) is 0.548. The van der Waals surface area contributed by atoms with Gasteiger partial charge in [-0.05, 0) is 43.0 Å². The molecule has 148 valence electrons. The number of hydrogen-bond acceptors (Lipinski definition) is 5. The van der Waals surface area contributed by atoms with Crippen molar-refractivity contribution in [3.63, 3.8) is 0 Å². The van der Waals surface area contributed by atoms with Gasteiger partial charge < -0.3 is 4.90 Å². The molecule has 1 amide bonds. The van der Waals surface area contributed by atoms with Crippen LogP contribution in [-0.2, 0) is 9.84 Å². The molecule has 7 nitrogen and oxygen atoms in total. The summed E-state index contributed by atoms with van der Waals surface area (Å²) in [7, 11) is -4.22. The molecule has 0 radical (unpaired) electrons. The Morgan fingerprint density at radius 1 is 1.21 bits per heavy atom. The summed E-state index contributed by atoms with van der Waals surface area (Å²) in [5.41, 5.74) is -0.547. The van der Waals surface area contributed by atoms with Gasteiger partial charge in [0.25, 0.3) is 11.6 Å². The lowest BCUT2D eigenvalue weighted by Gasteiger charge is -2.31. The molecule has 0 N–H and O–H groups in total. The monoisotopic (exact) mass is 422 g/mol. The Morgan fingerprint density at radius 3 is 2.57 bits per heavy atom. The first-order valence-corrected chi connectivity index (χ1v) is 10.6. The first kappa shape index (κ1) is 20.3. The summed E-state index contributed by atoms with van der Waals surface area (Å²) in [5, 5.41) is 11.5. The van der Waals surface area contributed by atoms with Gasteiger partial charge in [-0.15, -0.1) is 0 Å². The van der Waals surface area contributed by atoms with E-state index in [1.54, 1.807) is 11.0 Å². The molecule has 2 aromatic rings. The number of nitro benzene ring substituents is 1. The molecule has 3 rings (SSSR count). The van der Waals surface area contributed by atoms with E-state index in [0.717, 1.165) is 25.0 Å². The number of rotatable bonds is 4. The van der Waals surface area contributed by atoms with Crippen LogP contribution in [0.1, 0.15) is 30.1 Å². The van der Waals surface area contributed by atoms with Crippen LogP contribution >= 0.6 is 11.6 Å². The Kier molecular flexibility index (Phi) is 5.71. The molecule has 0 aliphatic carbocycles. The highest BCUT2D eigenvalue weighted by Gasteiger charge is 2.31. The van der Waals surface area contributed by atoms with Crippen molar-refractivity contribution in [3.05, 3.63) is 63.2 Å². The molecule has 1 aliphatic heterocycles. The maximum Gasteiger partial charge on any atom is 0.289 e. The van der Waals surface area contributed by atoms with Crippen molar-refractivity contribution in [2.45, 2.75) is 29.6 Å². The van der Waals surface area contributed by atoms with Gasteiger partial charge in [0, 0.05) is 24.7 Å². The zero-order valence-electron chi connectivity index (χ0n) is 15.2. The Hall–Kier alpha value is -2.45. The third-order valence-electron chi connectivity index (χ3n) is 4.76. The lowest BCUT2D eigenvalue weighted by Crippen LogP contribution is -2.39. The Labute approximate surface area is 168 Å². The number of halogens is 1. The predicted molar refractivity (Wildman–Crippen MR) is 104 cm³/mol. The highest BCUT2D eigenvalue weighted by atomic mass is 35.5. The molecule has 2 aromatic carbocycles. The fourth-order valence-corrected chi connectivity index (χ4v) is 5.27. The molecule has 0 aromatic heterocycles. The van der Waals surface area contributed by atoms with E-state index in [4.69, 9.17) is 11.6 Å². The first-order valence-electron chi connectivity index (χ1n) is 8.79. The van der Waals surface area contributed by atoms with E-state index in [9.17, 15) is 23.3 Å². The second kappa shape index (κ2) is 7.89. The molecule has 1 atom stereocenters. The standard InChI is InChI=1S/C19H19ClN2O5S/c1-13-5-4-10-21(12-13)19(23)14-8-9-18(16(11-14)22(24)25)28(26,27)17-7-3-2-6-15(17)20/h2-3,6-9,11,13H,4-5,10,12H2,1H3/t13-/m0/s1. The lowest BCUT2D eigenvalue weighted by molar-refractivity contribution is -0.387. The van der Waals surface area contributed by atoms with Crippen molar-refractivity contribution in [2.24, 2.45) is 5.92 Å². The third-order valence-corrected chi connectivity index (χ3v) is 7.06. The van der Waals surface area contributed by atoms with Crippen molar-refractivity contribution in [2.75, 3.05) is 13.1 Å². The summed E-state index contributed by atoms with van der Waals surface area (Å²) in [6.07, 6.45) is 1.90. The molecule has 1 fully saturated rings. The van der Waals surface area contributed by atoms with E-state index in [-0.39, 0.29) is 21.4 Å². The second-order valence-corrected chi connectivity index (χ2v) is 9.17. The average Bonchev–Trinajstić information content (AvgIpc) is 2.67. The van der Waals surface area contributed by atoms with Gasteiger partial charge in [0.1, 0.15) is 4.90 Å². The minimum Gasteiger partial charge on any atom is -0.338 e. The molecular weight excluding hydrogens is 404 g/mol. The molecule has 1 saturated heterocycles. The highest BCUT2D eigenvalue weighted by molar-refractivity contribution is 7.91. The van der Waals surface area contributed by atoms with E-state index >= 15 is 0 Å². The number of sulfone groups is 1. The van der Waals surface area contributed by atoms with Crippen LogP contribution in [0.15, 0.2) is 52.3 Å². The summed E-state index contributed by atoms with van der Waals surface area (Å²) in [5.74, 6) is 0.0175. The van der Waals surface area contributed by atoms with E-state index in [1.165, 1.54) is 24.3 Å². The Morgan fingerprint density at radius 2 is 1.93 bits per heavy atom. The minimum absolute atomic E-state index is 0.0285. The average molecular weight is 423 g/mol. The van der Waals surface area contributed by atoms with Crippen molar-refractivity contribution < 1.29 is 18.1 Å². The summed E-state index contributed by atoms with van der Waals surface area (Å²) in [4.78, 5) is 24.5. The van der Waals surface area contributed by atoms with Crippen LogP contribution < -0.4 is 0 Å². The van der Waals surface area contributed by atoms with Crippen molar-refractivity contribution in [1.82, 2.24) is 4.90 Å². The van der Waals surface area contributed by atoms with Crippen LogP contribution in [0, 0.1) is 16.0 Å². The van der Waals surface area contributed by atoms with Crippen LogP contribution in [0.2, 0.25) is 5.02 Å². The van der Waals surface area contributed by atoms with Crippen molar-refractivity contribution in [3.8, 4) is 0 Å². The van der Waals surface area contributed by atoms with Crippen LogP contribution in [0.4, 0.5) is 5.69 Å².